The lowest BCUT2D eigenvalue weighted by molar-refractivity contribution is -0.125. The van der Waals surface area contributed by atoms with Gasteiger partial charge in [-0.2, -0.15) is 0 Å². The van der Waals surface area contributed by atoms with Gasteiger partial charge in [-0.25, -0.2) is 0 Å². The number of rotatable bonds is 13. The van der Waals surface area contributed by atoms with Crippen molar-refractivity contribution in [3.8, 4) is 0 Å². The highest BCUT2D eigenvalue weighted by atomic mass is 16.6. The zero-order chi connectivity index (χ0) is 15.5. The first kappa shape index (κ1) is 21.6. The molecule has 0 aliphatic rings. The zero-order valence-electron chi connectivity index (χ0n) is 12.9. The van der Waals surface area contributed by atoms with Crippen molar-refractivity contribution in [2.45, 2.75) is 13.8 Å². The van der Waals surface area contributed by atoms with Gasteiger partial charge in [-0.05, 0) is 0 Å². The third-order valence-corrected chi connectivity index (χ3v) is 1.86. The van der Waals surface area contributed by atoms with Crippen molar-refractivity contribution in [3.05, 3.63) is 0 Å². The molecule has 20 heavy (non-hydrogen) atoms. The van der Waals surface area contributed by atoms with E-state index in [1.54, 1.807) is 7.05 Å². The summed E-state index contributed by atoms with van der Waals surface area (Å²) in [5.41, 5.74) is 0. The fourth-order valence-electron chi connectivity index (χ4n) is 0.961. The van der Waals surface area contributed by atoms with E-state index in [1.807, 2.05) is 13.8 Å². The summed E-state index contributed by atoms with van der Waals surface area (Å²) in [7, 11) is 1.56. The molecule has 7 heteroatoms. The van der Waals surface area contributed by atoms with Crippen LogP contribution in [0.3, 0.4) is 0 Å². The highest BCUT2D eigenvalue weighted by molar-refractivity contribution is 5.76. The monoisotopic (exact) mass is 297 g/mol. The number of nitrogens with one attached hydrogen (secondary N) is 1. The summed E-state index contributed by atoms with van der Waals surface area (Å²) in [4.78, 5) is 10.8. The maximum atomic E-state index is 10.8. The number of aliphatic hydroxyl groups is 1. The lowest BCUT2D eigenvalue weighted by atomic mass is 10.6. The van der Waals surface area contributed by atoms with Crippen molar-refractivity contribution in [2.75, 3.05) is 66.5 Å². The van der Waals surface area contributed by atoms with Gasteiger partial charge >= 0.3 is 0 Å². The number of hydrogen-bond donors (Lipinski definition) is 2. The molecule has 0 heterocycles. The number of amides is 1. The average molecular weight is 297 g/mol. The van der Waals surface area contributed by atoms with Gasteiger partial charge in [0.15, 0.2) is 0 Å². The smallest absolute Gasteiger partial charge is 0.245 e. The Bertz CT molecular complexity index is 198. The van der Waals surface area contributed by atoms with Crippen LogP contribution in [-0.2, 0) is 23.7 Å². The van der Waals surface area contributed by atoms with Crippen molar-refractivity contribution in [2.24, 2.45) is 0 Å². The largest absolute Gasteiger partial charge is 0.394 e. The lowest BCUT2D eigenvalue weighted by Gasteiger charge is -2.06. The Kier molecular flexibility index (Phi) is 22.2. The molecule has 124 valence electrons. The van der Waals surface area contributed by atoms with Crippen molar-refractivity contribution in [1.29, 1.82) is 0 Å². The minimum atomic E-state index is -0.152. The molecular weight excluding hydrogens is 266 g/mol. The van der Waals surface area contributed by atoms with Crippen molar-refractivity contribution in [1.82, 2.24) is 5.32 Å². The summed E-state index contributed by atoms with van der Waals surface area (Å²) in [6, 6.07) is 0. The second-order valence-corrected chi connectivity index (χ2v) is 3.29. The Balaban J connectivity index is -0.00000103. The third-order valence-electron chi connectivity index (χ3n) is 1.86. The molecule has 0 unspecified atom stereocenters. The number of ether oxygens (including phenoxy) is 4. The van der Waals surface area contributed by atoms with Gasteiger partial charge in [0.1, 0.15) is 6.61 Å². The van der Waals surface area contributed by atoms with Crippen LogP contribution in [-0.4, -0.2) is 77.5 Å². The van der Waals surface area contributed by atoms with E-state index in [4.69, 9.17) is 24.1 Å². The van der Waals surface area contributed by atoms with Crippen LogP contribution in [0.4, 0.5) is 0 Å². The predicted molar refractivity (Wildman–Crippen MR) is 77.9 cm³/mol. The second kappa shape index (κ2) is 20.6. The quantitative estimate of drug-likeness (QED) is 0.468. The van der Waals surface area contributed by atoms with Crippen molar-refractivity contribution < 1.29 is 30.3 Å². The first-order valence-electron chi connectivity index (χ1n) is 6.93. The minimum Gasteiger partial charge on any atom is -0.394 e. The van der Waals surface area contributed by atoms with Crippen LogP contribution in [0.5, 0.6) is 0 Å². The van der Waals surface area contributed by atoms with Crippen LogP contribution in [0.15, 0.2) is 0 Å². The molecular formula is C13H31NO6. The highest BCUT2D eigenvalue weighted by Gasteiger charge is 1.96. The van der Waals surface area contributed by atoms with E-state index in [9.17, 15) is 4.79 Å². The van der Waals surface area contributed by atoms with Gasteiger partial charge in [-0.3, -0.25) is 4.79 Å². The van der Waals surface area contributed by atoms with E-state index in [2.05, 4.69) is 5.32 Å². The number of carbonyl (C=O) groups excluding carboxylic acids is 1. The number of hydrogen-bond acceptors (Lipinski definition) is 6. The summed E-state index contributed by atoms with van der Waals surface area (Å²) < 4.78 is 20.5. The third kappa shape index (κ3) is 19.6. The van der Waals surface area contributed by atoms with E-state index >= 15 is 0 Å². The Morgan fingerprint density at radius 3 is 1.70 bits per heavy atom. The first-order valence-corrected chi connectivity index (χ1v) is 6.93. The number of likely N-dealkylation sites (N-methyl/N-ethyl adjacent to an activating group) is 1. The predicted octanol–water partition coefficient (Wildman–Crippen LogP) is 0.0633. The Morgan fingerprint density at radius 1 is 0.900 bits per heavy atom. The maximum Gasteiger partial charge on any atom is 0.245 e. The van der Waals surface area contributed by atoms with Gasteiger partial charge in [-0.1, -0.05) is 13.8 Å². The van der Waals surface area contributed by atoms with Gasteiger partial charge in [0, 0.05) is 8.47 Å². The normalized spacial score (nSPS) is 9.80. The summed E-state index contributed by atoms with van der Waals surface area (Å²) in [6.07, 6.45) is 0. The molecule has 0 atom stereocenters. The molecule has 0 aliphatic heterocycles. The summed E-state index contributed by atoms with van der Waals surface area (Å²) >= 11 is 0. The van der Waals surface area contributed by atoms with Crippen LogP contribution in [0.2, 0.25) is 0 Å². The van der Waals surface area contributed by atoms with Crippen molar-refractivity contribution >= 4 is 5.91 Å². The lowest BCUT2D eigenvalue weighted by Crippen LogP contribution is -2.24. The number of carbonyl (C=O) groups is 1. The van der Waals surface area contributed by atoms with Crippen LogP contribution in [0.1, 0.15) is 15.3 Å². The molecule has 0 aromatic rings. The molecule has 2 N–H and O–H groups in total. The molecule has 0 radical (unpaired) electrons. The van der Waals surface area contributed by atoms with Crippen LogP contribution in [0.25, 0.3) is 0 Å². The minimum absolute atomic E-state index is 0. The highest BCUT2D eigenvalue weighted by Crippen LogP contribution is 1.82. The summed E-state index contributed by atoms with van der Waals surface area (Å²) in [5.74, 6) is -0.152. The van der Waals surface area contributed by atoms with E-state index in [-0.39, 0.29) is 20.5 Å². The molecule has 0 saturated carbocycles. The van der Waals surface area contributed by atoms with E-state index < -0.39 is 0 Å². The fraction of sp³-hybridized carbons (Fsp3) is 0.923. The van der Waals surface area contributed by atoms with E-state index in [0.29, 0.717) is 46.2 Å². The molecule has 0 aromatic heterocycles. The molecule has 0 fully saturated rings. The molecule has 0 aromatic carbocycles. The Hall–Kier alpha value is -0.730. The average Bonchev–Trinajstić information content (AvgIpc) is 2.50. The van der Waals surface area contributed by atoms with Gasteiger partial charge < -0.3 is 29.4 Å². The van der Waals surface area contributed by atoms with Gasteiger partial charge in [0.05, 0.1) is 52.9 Å². The van der Waals surface area contributed by atoms with E-state index in [0.717, 1.165) is 0 Å². The first-order chi connectivity index (χ1) is 9.81. The van der Waals surface area contributed by atoms with Crippen LogP contribution >= 0.6 is 0 Å². The molecule has 7 nitrogen and oxygen atoms in total. The number of aliphatic hydroxyl groups excluding tert-OH is 1. The SMILES string of the molecule is CC.CNC(=O)COCCOCCOCCOCCO.[HH]. The molecule has 0 aliphatic carbocycles. The van der Waals surface area contributed by atoms with Gasteiger partial charge in [0.25, 0.3) is 0 Å². The Morgan fingerprint density at radius 2 is 1.30 bits per heavy atom. The van der Waals surface area contributed by atoms with E-state index in [1.165, 1.54) is 0 Å². The van der Waals surface area contributed by atoms with Crippen LogP contribution < -0.4 is 5.32 Å². The molecule has 0 bridgehead atoms. The van der Waals surface area contributed by atoms with Gasteiger partial charge in [-0.15, -0.1) is 0 Å². The molecule has 0 rings (SSSR count). The maximum absolute atomic E-state index is 10.8. The molecule has 1 amide bonds. The fourth-order valence-corrected chi connectivity index (χ4v) is 0.961. The second-order valence-electron chi connectivity index (χ2n) is 3.29. The molecule has 0 saturated heterocycles. The topological polar surface area (TPSA) is 86.3 Å². The standard InChI is InChI=1S/C11H23NO6.C2H6.H2/c1-12-11(14)10-18-9-8-17-7-6-16-5-4-15-3-2-13;1-2;/h13H,2-10H2,1H3,(H,12,14);1-2H3;1H. The van der Waals surface area contributed by atoms with Gasteiger partial charge in [0.2, 0.25) is 5.91 Å². The zero-order valence-corrected chi connectivity index (χ0v) is 12.9. The van der Waals surface area contributed by atoms with Crippen LogP contribution in [0, 0.1) is 0 Å². The molecule has 0 spiro atoms. The van der Waals surface area contributed by atoms with Crippen molar-refractivity contribution in [3.63, 3.8) is 0 Å². The summed E-state index contributed by atoms with van der Waals surface area (Å²) in [5, 5.41) is 10.9. The Labute approximate surface area is 123 Å². The summed E-state index contributed by atoms with van der Waals surface area (Å²) in [6.45, 7) is 7.14.